The summed E-state index contributed by atoms with van der Waals surface area (Å²) < 4.78 is 47.9. The smallest absolute Gasteiger partial charge is 0.302 e. The van der Waals surface area contributed by atoms with Gasteiger partial charge in [0.15, 0.2) is 6.67 Å². The molecule has 0 unspecified atom stereocenters. The van der Waals surface area contributed by atoms with Crippen LogP contribution in [0.4, 0.5) is 36.3 Å². The normalized spacial score (nSPS) is 14.0. The number of benzene rings is 2. The van der Waals surface area contributed by atoms with Crippen LogP contribution >= 0.6 is 11.6 Å². The number of carbonyl (C=O) groups excluding carboxylic acids is 1. The quantitative estimate of drug-likeness (QED) is 0.205. The van der Waals surface area contributed by atoms with E-state index in [-0.39, 0.29) is 16.3 Å². The molecular weight excluding hydrogens is 585 g/mol. The zero-order valence-corrected chi connectivity index (χ0v) is 24.0. The third kappa shape index (κ3) is 7.42. The first-order chi connectivity index (χ1) is 20.7. The van der Waals surface area contributed by atoms with Gasteiger partial charge in [-0.2, -0.15) is 8.78 Å². The second-order valence-corrected chi connectivity index (χ2v) is 10.3. The number of hydrogen-bond acceptors (Lipinski definition) is 8. The molecule has 10 nitrogen and oxygen atoms in total. The number of imidazole rings is 1. The number of hydrogen-bond donors (Lipinski definition) is 3. The van der Waals surface area contributed by atoms with Gasteiger partial charge in [0.2, 0.25) is 5.95 Å². The molecule has 43 heavy (non-hydrogen) atoms. The van der Waals surface area contributed by atoms with Gasteiger partial charge in [0.1, 0.15) is 18.0 Å². The predicted molar refractivity (Wildman–Crippen MR) is 159 cm³/mol. The van der Waals surface area contributed by atoms with Gasteiger partial charge in [0, 0.05) is 72.2 Å². The Morgan fingerprint density at radius 1 is 1.09 bits per heavy atom. The van der Waals surface area contributed by atoms with Gasteiger partial charge in [0.25, 0.3) is 5.91 Å². The Labute approximate surface area is 251 Å². The number of aryl methyl sites for hydroxylation is 1. The summed E-state index contributed by atoms with van der Waals surface area (Å²) in [5, 5.41) is 8.85. The van der Waals surface area contributed by atoms with E-state index in [9.17, 15) is 18.0 Å². The van der Waals surface area contributed by atoms with Crippen molar-refractivity contribution in [3.8, 4) is 5.82 Å². The Morgan fingerprint density at radius 3 is 2.70 bits per heavy atom. The number of morpholine rings is 1. The van der Waals surface area contributed by atoms with Gasteiger partial charge in [-0.25, -0.2) is 19.3 Å². The van der Waals surface area contributed by atoms with Crippen LogP contribution in [0.15, 0.2) is 61.2 Å². The van der Waals surface area contributed by atoms with E-state index in [0.717, 1.165) is 51.0 Å². The van der Waals surface area contributed by atoms with Gasteiger partial charge in [0.05, 0.1) is 13.2 Å². The molecular formula is C29H30ClF3N8O2. The molecule has 1 aliphatic heterocycles. The minimum atomic E-state index is -3.77. The monoisotopic (exact) mass is 614 g/mol. The molecule has 226 valence electrons. The van der Waals surface area contributed by atoms with Gasteiger partial charge in [-0.1, -0.05) is 17.7 Å². The number of anilines is 4. The number of nitrogens with one attached hydrogen (secondary N) is 3. The van der Waals surface area contributed by atoms with Crippen molar-refractivity contribution in [3.63, 3.8) is 0 Å². The van der Waals surface area contributed by atoms with Crippen LogP contribution in [0.1, 0.15) is 21.5 Å². The zero-order chi connectivity index (χ0) is 30.4. The molecule has 0 saturated carbocycles. The molecule has 0 spiro atoms. The fourth-order valence-electron chi connectivity index (χ4n) is 4.50. The lowest BCUT2D eigenvalue weighted by atomic mass is 10.1. The van der Waals surface area contributed by atoms with E-state index in [1.165, 1.54) is 18.5 Å². The van der Waals surface area contributed by atoms with Crippen LogP contribution in [0.3, 0.4) is 0 Å². The highest BCUT2D eigenvalue weighted by molar-refractivity contribution is 6.31. The lowest BCUT2D eigenvalue weighted by Gasteiger charge is -2.26. The standard InChI is InChI=1S/C29H30ClF3N8O2/c1-19-2-3-20(27(42)38-21-4-5-23(30)22(15-21)29(32,33)17-31)14-24(19)39-28-35-7-9-41(28)26-16-25(36-18-37-26)34-6-8-40-10-12-43-13-11-40/h2-5,7,9,14-16,18H,6,8,10-13,17H2,1H3,(H,35,39)(H,38,42)(H,34,36,37). The molecule has 2 aromatic carbocycles. The summed E-state index contributed by atoms with van der Waals surface area (Å²) in [6.07, 6.45) is 4.84. The molecule has 0 radical (unpaired) electrons. The molecule has 0 atom stereocenters. The predicted octanol–water partition coefficient (Wildman–Crippen LogP) is 5.43. The summed E-state index contributed by atoms with van der Waals surface area (Å²) in [7, 11) is 0. The van der Waals surface area contributed by atoms with Crippen molar-refractivity contribution >= 4 is 40.6 Å². The number of halogens is 4. The third-order valence-corrected chi connectivity index (χ3v) is 7.24. The molecule has 2 aromatic heterocycles. The molecule has 4 aromatic rings. The highest BCUT2D eigenvalue weighted by Gasteiger charge is 2.34. The number of nitrogens with zero attached hydrogens (tertiary/aromatic N) is 5. The molecule has 0 bridgehead atoms. The van der Waals surface area contributed by atoms with E-state index in [2.05, 4.69) is 35.8 Å². The van der Waals surface area contributed by atoms with Gasteiger partial charge in [-0.3, -0.25) is 14.3 Å². The Kier molecular flexibility index (Phi) is 9.43. The summed E-state index contributed by atoms with van der Waals surface area (Å²) in [6, 6.07) is 10.3. The van der Waals surface area contributed by atoms with Crippen LogP contribution in [-0.4, -0.2) is 76.4 Å². The molecule has 5 rings (SSSR count). The molecule has 3 N–H and O–H groups in total. The number of carbonyl (C=O) groups is 1. The molecule has 1 fully saturated rings. The molecule has 1 amide bonds. The Hall–Kier alpha value is -4.20. The molecule has 1 aliphatic rings. The summed E-state index contributed by atoms with van der Waals surface area (Å²) in [6.45, 7) is 4.84. The average Bonchev–Trinajstić information content (AvgIpc) is 3.48. The largest absolute Gasteiger partial charge is 0.379 e. The van der Waals surface area contributed by atoms with Gasteiger partial charge in [-0.05, 0) is 42.8 Å². The first kappa shape index (κ1) is 30.3. The van der Waals surface area contributed by atoms with Crippen LogP contribution < -0.4 is 16.0 Å². The zero-order valence-electron chi connectivity index (χ0n) is 23.3. The fourth-order valence-corrected chi connectivity index (χ4v) is 4.76. The summed E-state index contributed by atoms with van der Waals surface area (Å²) in [5.41, 5.74) is 1.04. The van der Waals surface area contributed by atoms with E-state index in [1.54, 1.807) is 35.2 Å². The van der Waals surface area contributed by atoms with E-state index in [0.29, 0.717) is 23.3 Å². The SMILES string of the molecule is Cc1ccc(C(=O)Nc2ccc(Cl)c(C(F)(F)CF)c2)cc1Nc1nccn1-c1cc(NCCN2CCOCC2)ncn1. The average molecular weight is 615 g/mol. The maximum absolute atomic E-state index is 14.0. The number of amides is 1. The fraction of sp³-hybridized carbons (Fsp3) is 0.310. The summed E-state index contributed by atoms with van der Waals surface area (Å²) in [4.78, 5) is 28.5. The first-order valence-electron chi connectivity index (χ1n) is 13.6. The van der Waals surface area contributed by atoms with E-state index < -0.39 is 24.1 Å². The second-order valence-electron chi connectivity index (χ2n) is 9.90. The molecule has 14 heteroatoms. The number of rotatable bonds is 11. The van der Waals surface area contributed by atoms with Crippen molar-refractivity contribution in [1.82, 2.24) is 24.4 Å². The van der Waals surface area contributed by atoms with E-state index >= 15 is 0 Å². The van der Waals surface area contributed by atoms with Gasteiger partial charge >= 0.3 is 5.92 Å². The van der Waals surface area contributed by atoms with Gasteiger partial charge in [-0.15, -0.1) is 0 Å². The van der Waals surface area contributed by atoms with Crippen molar-refractivity contribution in [3.05, 3.63) is 82.9 Å². The maximum atomic E-state index is 14.0. The molecule has 1 saturated heterocycles. The third-order valence-electron chi connectivity index (χ3n) is 6.91. The van der Waals surface area contributed by atoms with Crippen LogP contribution in [0, 0.1) is 6.92 Å². The van der Waals surface area contributed by atoms with Crippen molar-refractivity contribution < 1.29 is 22.7 Å². The molecule has 0 aliphatic carbocycles. The van der Waals surface area contributed by atoms with Crippen LogP contribution in [-0.2, 0) is 10.7 Å². The number of alkyl halides is 3. The minimum absolute atomic E-state index is 0.0567. The number of ether oxygens (including phenoxy) is 1. The molecule has 3 heterocycles. The van der Waals surface area contributed by atoms with Crippen LogP contribution in [0.25, 0.3) is 5.82 Å². The lowest BCUT2D eigenvalue weighted by molar-refractivity contribution is -0.0279. The second kappa shape index (κ2) is 13.4. The lowest BCUT2D eigenvalue weighted by Crippen LogP contribution is -2.39. The Bertz CT molecular complexity index is 1580. The van der Waals surface area contributed by atoms with Crippen LogP contribution in [0.5, 0.6) is 0 Å². The van der Waals surface area contributed by atoms with Gasteiger partial charge < -0.3 is 20.7 Å². The minimum Gasteiger partial charge on any atom is -0.379 e. The Balaban J connectivity index is 1.28. The highest BCUT2D eigenvalue weighted by atomic mass is 35.5. The van der Waals surface area contributed by atoms with Crippen molar-refractivity contribution in [2.75, 3.05) is 62.0 Å². The first-order valence-corrected chi connectivity index (χ1v) is 13.9. The summed E-state index contributed by atoms with van der Waals surface area (Å²) >= 11 is 5.84. The van der Waals surface area contributed by atoms with E-state index in [4.69, 9.17) is 16.3 Å². The number of aromatic nitrogens is 4. The van der Waals surface area contributed by atoms with E-state index in [1.807, 2.05) is 13.0 Å². The summed E-state index contributed by atoms with van der Waals surface area (Å²) in [5.74, 6) is -2.62. The topological polar surface area (TPSA) is 109 Å². The highest BCUT2D eigenvalue weighted by Crippen LogP contribution is 2.35. The Morgan fingerprint density at radius 2 is 1.91 bits per heavy atom. The maximum Gasteiger partial charge on any atom is 0.302 e. The van der Waals surface area contributed by atoms with Crippen molar-refractivity contribution in [2.45, 2.75) is 12.8 Å². The van der Waals surface area contributed by atoms with Crippen LogP contribution in [0.2, 0.25) is 5.02 Å². The van der Waals surface area contributed by atoms with Crippen molar-refractivity contribution in [2.24, 2.45) is 0 Å². The van der Waals surface area contributed by atoms with Crippen molar-refractivity contribution in [1.29, 1.82) is 0 Å².